The Morgan fingerprint density at radius 3 is 2.56 bits per heavy atom. The third kappa shape index (κ3) is 8.85. The van der Waals surface area contributed by atoms with E-state index in [0.717, 1.165) is 110 Å². The van der Waals surface area contributed by atoms with Crippen molar-refractivity contribution in [3.05, 3.63) is 108 Å². The molecule has 0 N–H and O–H groups in total. The van der Waals surface area contributed by atoms with Crippen molar-refractivity contribution in [1.82, 2.24) is 29.4 Å². The third-order valence-electron chi connectivity index (χ3n) is 10.6. The normalized spacial score (nSPS) is 17.2. The number of ether oxygens (including phenoxy) is 1. The Kier molecular flexibility index (Phi) is 12.1. The molecule has 3 aromatic heterocycles. The first kappa shape index (κ1) is 37.7. The maximum atomic E-state index is 14.1. The van der Waals surface area contributed by atoms with Crippen LogP contribution in [0.1, 0.15) is 61.4 Å². The third-order valence-corrected chi connectivity index (χ3v) is 10.6. The van der Waals surface area contributed by atoms with Crippen LogP contribution >= 0.6 is 0 Å². The molecule has 11 nitrogen and oxygen atoms in total. The summed E-state index contributed by atoms with van der Waals surface area (Å²) in [4.78, 5) is 41.3. The summed E-state index contributed by atoms with van der Waals surface area (Å²) in [6.45, 7) is 7.82. The molecule has 2 aliphatic rings. The van der Waals surface area contributed by atoms with E-state index >= 15 is 0 Å². The summed E-state index contributed by atoms with van der Waals surface area (Å²) in [6.07, 6.45) is 5.92. The van der Waals surface area contributed by atoms with Gasteiger partial charge in [-0.15, -0.1) is 5.10 Å². The number of imidazole rings is 1. The Morgan fingerprint density at radius 1 is 0.982 bits per heavy atom. The molecule has 0 amide bonds. The number of halogens is 1. The fourth-order valence-electron chi connectivity index (χ4n) is 7.58. The van der Waals surface area contributed by atoms with Gasteiger partial charge in [0.05, 0.1) is 30.5 Å². The molecule has 0 radical (unpaired) electrons. The highest BCUT2D eigenvalue weighted by Gasteiger charge is 2.28. The molecule has 0 bridgehead atoms. The van der Waals surface area contributed by atoms with E-state index in [4.69, 9.17) is 14.8 Å². The van der Waals surface area contributed by atoms with Crippen molar-refractivity contribution < 1.29 is 18.7 Å². The summed E-state index contributed by atoms with van der Waals surface area (Å²) in [5, 5.41) is 5.02. The minimum Gasteiger partial charge on any atom is -0.458 e. The molecular weight excluding hydrogens is 696 g/mol. The number of rotatable bonds is 14. The zero-order chi connectivity index (χ0) is 38.1. The number of likely N-dealkylation sites (N-methyl/N-ethyl adjacent to an activating group) is 1. The van der Waals surface area contributed by atoms with Crippen molar-refractivity contribution in [1.29, 1.82) is 0 Å². The van der Waals surface area contributed by atoms with Crippen molar-refractivity contribution >= 4 is 30.0 Å². The number of carbonyl (C=O) groups is 2. The van der Waals surface area contributed by atoms with Crippen molar-refractivity contribution in [3.63, 3.8) is 0 Å². The van der Waals surface area contributed by atoms with Gasteiger partial charge in [0.2, 0.25) is 0 Å². The van der Waals surface area contributed by atoms with Gasteiger partial charge in [-0.25, -0.2) is 18.9 Å². The first-order chi connectivity index (χ1) is 26.9. The van der Waals surface area contributed by atoms with Gasteiger partial charge in [0.25, 0.3) is 6.47 Å². The van der Waals surface area contributed by atoms with Gasteiger partial charge in [0.1, 0.15) is 35.5 Å². The lowest BCUT2D eigenvalue weighted by molar-refractivity contribution is -0.135. The van der Waals surface area contributed by atoms with Crippen LogP contribution in [-0.4, -0.2) is 101 Å². The zero-order valence-corrected chi connectivity index (χ0v) is 31.4. The predicted molar refractivity (Wildman–Crippen MR) is 211 cm³/mol. The first-order valence-corrected chi connectivity index (χ1v) is 19.1. The molecule has 2 aliphatic heterocycles. The average Bonchev–Trinajstić information content (AvgIpc) is 3.88. The fourth-order valence-corrected chi connectivity index (χ4v) is 7.58. The van der Waals surface area contributed by atoms with E-state index in [0.29, 0.717) is 19.6 Å². The summed E-state index contributed by atoms with van der Waals surface area (Å²) in [5.74, 6) is 8.12. The number of carbonyl (C=O) groups excluding carboxylic acids is 2. The van der Waals surface area contributed by atoms with Gasteiger partial charge >= 0.3 is 0 Å². The number of piperazine rings is 1. The second-order valence-electron chi connectivity index (χ2n) is 14.2. The number of benzene rings is 2. The van der Waals surface area contributed by atoms with Crippen LogP contribution in [0.4, 0.5) is 16.0 Å². The molecule has 2 unspecified atom stereocenters. The summed E-state index contributed by atoms with van der Waals surface area (Å²) in [5.41, 5.74) is 5.08. The van der Waals surface area contributed by atoms with Crippen LogP contribution in [0.3, 0.4) is 0 Å². The quantitative estimate of drug-likeness (QED) is 0.100. The van der Waals surface area contributed by atoms with Gasteiger partial charge in [-0.2, -0.15) is 0 Å². The van der Waals surface area contributed by atoms with Crippen molar-refractivity contribution in [2.45, 2.75) is 50.8 Å². The molecule has 284 valence electrons. The minimum absolute atomic E-state index is 0.0708. The van der Waals surface area contributed by atoms with Crippen molar-refractivity contribution in [3.8, 4) is 23.2 Å². The molecule has 0 saturated carbocycles. The number of aldehydes is 1. The molecule has 2 aromatic carbocycles. The molecule has 5 aromatic rings. The van der Waals surface area contributed by atoms with Crippen LogP contribution in [-0.2, 0) is 14.3 Å². The lowest BCUT2D eigenvalue weighted by Gasteiger charge is -2.34. The highest BCUT2D eigenvalue weighted by atomic mass is 19.1. The molecule has 2 fully saturated rings. The van der Waals surface area contributed by atoms with Gasteiger partial charge in [-0.3, -0.25) is 14.6 Å². The summed E-state index contributed by atoms with van der Waals surface area (Å²) in [7, 11) is 1.88. The number of pyridine rings is 1. The average molecular weight is 743 g/mol. The molecule has 5 heterocycles. The molecule has 3 atom stereocenters. The van der Waals surface area contributed by atoms with E-state index in [1.807, 2.05) is 90.2 Å². The van der Waals surface area contributed by atoms with Gasteiger partial charge in [-0.05, 0) is 86.0 Å². The number of hydrogen-bond donors (Lipinski definition) is 0. The molecule has 0 spiro atoms. The maximum Gasteiger partial charge on any atom is 0.293 e. The smallest absolute Gasteiger partial charge is 0.293 e. The second kappa shape index (κ2) is 17.7. The topological polar surface area (TPSA) is 99.4 Å². The summed E-state index contributed by atoms with van der Waals surface area (Å²) < 4.78 is 21.3. The Morgan fingerprint density at radius 2 is 1.80 bits per heavy atom. The van der Waals surface area contributed by atoms with Crippen molar-refractivity contribution in [2.75, 3.05) is 62.7 Å². The van der Waals surface area contributed by atoms with E-state index in [-0.39, 0.29) is 17.9 Å². The highest BCUT2D eigenvalue weighted by molar-refractivity contribution is 5.63. The molecule has 12 heteroatoms. The van der Waals surface area contributed by atoms with Crippen LogP contribution in [0.5, 0.6) is 0 Å². The van der Waals surface area contributed by atoms with Gasteiger partial charge in [-0.1, -0.05) is 55.5 Å². The highest BCUT2D eigenvalue weighted by Crippen LogP contribution is 2.36. The summed E-state index contributed by atoms with van der Waals surface area (Å²) in [6, 6.07) is 24.5. The van der Waals surface area contributed by atoms with Crippen LogP contribution in [0.25, 0.3) is 17.0 Å². The van der Waals surface area contributed by atoms with Gasteiger partial charge in [0.15, 0.2) is 5.65 Å². The number of aromatic nitrogens is 4. The fraction of sp³-hybridized carbons (Fsp3) is 0.372. The van der Waals surface area contributed by atoms with Crippen LogP contribution in [0.2, 0.25) is 0 Å². The summed E-state index contributed by atoms with van der Waals surface area (Å²) >= 11 is 0. The lowest BCUT2D eigenvalue weighted by Crippen LogP contribution is -2.46. The standard InChI is InChI=1S/C43H47FN8O3/c1-3-8-36(30-53)48(2)29-40(55-31-54)33-17-15-32(16-18-33)9-6-21-49-23-25-50(26-24-49)42-14-5-12-37(46-42)39-28-45-41-19-20-43(47-52(39)41)51-22-7-13-38(51)34-10-4-11-35(44)27-34/h4-5,10-12,14-20,27-28,30-31,36,38,40H,3,7-8,13,21-26,29H2,1-2H3/t36?,38?,40-/m1/s1. The monoisotopic (exact) mass is 742 g/mol. The van der Waals surface area contributed by atoms with Crippen LogP contribution < -0.4 is 9.80 Å². The van der Waals surface area contributed by atoms with Gasteiger partial charge in [0, 0.05) is 44.8 Å². The second-order valence-corrected chi connectivity index (χ2v) is 14.2. The van der Waals surface area contributed by atoms with E-state index in [1.54, 1.807) is 12.1 Å². The van der Waals surface area contributed by atoms with Crippen molar-refractivity contribution in [2.24, 2.45) is 0 Å². The molecule has 2 saturated heterocycles. The van der Waals surface area contributed by atoms with Gasteiger partial charge < -0.3 is 19.3 Å². The van der Waals surface area contributed by atoms with Crippen LogP contribution in [0, 0.1) is 17.7 Å². The number of hydrogen-bond acceptors (Lipinski definition) is 10. The largest absolute Gasteiger partial charge is 0.458 e. The Labute approximate surface area is 321 Å². The first-order valence-electron chi connectivity index (χ1n) is 19.1. The molecule has 0 aliphatic carbocycles. The molecule has 55 heavy (non-hydrogen) atoms. The Bertz CT molecular complexity index is 2140. The number of fused-ring (bicyclic) bond motifs is 1. The van der Waals surface area contributed by atoms with E-state index in [2.05, 4.69) is 31.5 Å². The van der Waals surface area contributed by atoms with E-state index < -0.39 is 6.10 Å². The Hall–Kier alpha value is -5.64. The van der Waals surface area contributed by atoms with E-state index in [1.165, 1.54) is 6.07 Å². The Balaban J connectivity index is 0.958. The number of nitrogens with zero attached hydrogens (tertiary/aromatic N) is 8. The number of anilines is 2. The van der Waals surface area contributed by atoms with E-state index in [9.17, 15) is 14.0 Å². The lowest BCUT2D eigenvalue weighted by atomic mass is 10.0. The zero-order valence-electron chi connectivity index (χ0n) is 31.4. The predicted octanol–water partition coefficient (Wildman–Crippen LogP) is 5.96. The molecule has 7 rings (SSSR count). The maximum absolute atomic E-state index is 14.1. The van der Waals surface area contributed by atoms with Crippen LogP contribution in [0.15, 0.2) is 85.1 Å². The molecular formula is C43H47FN8O3. The minimum atomic E-state index is -0.471. The SMILES string of the molecule is CCCC(C=O)N(C)C[C@@H](OC=O)c1ccc(C#CCN2CCN(c3cccc(-c4cnc5ccc(N6CCCC6c6cccc(F)c6)nn45)n3)CC2)cc1.